The highest BCUT2D eigenvalue weighted by Crippen LogP contribution is 2.25. The second-order valence-corrected chi connectivity index (χ2v) is 5.62. The fourth-order valence-corrected chi connectivity index (χ4v) is 2.55. The van der Waals surface area contributed by atoms with Crippen molar-refractivity contribution in [3.05, 3.63) is 46.2 Å². The zero-order valence-electron chi connectivity index (χ0n) is 12.4. The molecule has 2 aromatic rings. The summed E-state index contributed by atoms with van der Waals surface area (Å²) in [6.45, 7) is 5.07. The van der Waals surface area contributed by atoms with E-state index in [9.17, 15) is 4.79 Å². The molecule has 6 heteroatoms. The van der Waals surface area contributed by atoms with Crippen molar-refractivity contribution in [2.45, 2.75) is 19.9 Å². The molecule has 0 aliphatic heterocycles. The van der Waals surface area contributed by atoms with E-state index in [1.54, 1.807) is 24.0 Å². The second kappa shape index (κ2) is 6.87. The number of halogens is 1. The van der Waals surface area contributed by atoms with Gasteiger partial charge in [0.1, 0.15) is 0 Å². The Balaban J connectivity index is 2.44. The van der Waals surface area contributed by atoms with Gasteiger partial charge in [-0.3, -0.25) is 4.79 Å². The summed E-state index contributed by atoms with van der Waals surface area (Å²) in [6, 6.07) is 7.99. The number of carbonyl (C=O) groups is 1. The molecular formula is C15H19BrN4O. The van der Waals surface area contributed by atoms with Crippen LogP contribution in [0.4, 0.5) is 0 Å². The minimum Gasteiger partial charge on any atom is -0.354 e. The maximum Gasteiger partial charge on any atom is 0.271 e. The van der Waals surface area contributed by atoms with Crippen molar-refractivity contribution < 1.29 is 4.79 Å². The van der Waals surface area contributed by atoms with E-state index in [2.05, 4.69) is 51.6 Å². The Morgan fingerprint density at radius 2 is 2.19 bits per heavy atom. The lowest BCUT2D eigenvalue weighted by atomic mass is 10.1. The Kier molecular flexibility index (Phi) is 5.14. The van der Waals surface area contributed by atoms with Gasteiger partial charge in [0.25, 0.3) is 5.91 Å². The molecule has 0 saturated carbocycles. The van der Waals surface area contributed by atoms with E-state index in [1.807, 2.05) is 12.1 Å². The molecule has 0 saturated heterocycles. The molecule has 2 N–H and O–H groups in total. The van der Waals surface area contributed by atoms with E-state index >= 15 is 0 Å². The number of nitrogens with one attached hydrogen (secondary N) is 2. The number of hydrogen-bond donors (Lipinski definition) is 2. The van der Waals surface area contributed by atoms with Gasteiger partial charge in [0.15, 0.2) is 5.69 Å². The van der Waals surface area contributed by atoms with Gasteiger partial charge in [-0.05, 0) is 37.2 Å². The molecule has 1 atom stereocenters. The normalized spacial score (nSPS) is 12.2. The van der Waals surface area contributed by atoms with Crippen LogP contribution in [0.1, 0.15) is 35.9 Å². The van der Waals surface area contributed by atoms with Crippen molar-refractivity contribution in [2.75, 3.05) is 13.6 Å². The number of benzene rings is 1. The molecule has 0 aliphatic carbocycles. The van der Waals surface area contributed by atoms with Crippen molar-refractivity contribution in [2.24, 2.45) is 0 Å². The van der Waals surface area contributed by atoms with Crippen LogP contribution in [0.25, 0.3) is 5.69 Å². The third-order valence-corrected chi connectivity index (χ3v) is 3.76. The Morgan fingerprint density at radius 1 is 1.43 bits per heavy atom. The van der Waals surface area contributed by atoms with Crippen molar-refractivity contribution in [1.29, 1.82) is 0 Å². The number of aromatic nitrogens is 2. The molecule has 1 aromatic carbocycles. The lowest BCUT2D eigenvalue weighted by molar-refractivity contribution is 0.0957. The summed E-state index contributed by atoms with van der Waals surface area (Å²) in [7, 11) is 1.60. The van der Waals surface area contributed by atoms with Gasteiger partial charge in [-0.2, -0.15) is 5.10 Å². The molecule has 1 heterocycles. The Hall–Kier alpha value is -1.66. The fourth-order valence-electron chi connectivity index (χ4n) is 2.20. The molecule has 0 bridgehead atoms. The maximum absolute atomic E-state index is 11.6. The van der Waals surface area contributed by atoms with E-state index in [0.29, 0.717) is 5.69 Å². The predicted molar refractivity (Wildman–Crippen MR) is 86.7 cm³/mol. The number of rotatable bonds is 5. The first-order valence-corrected chi connectivity index (χ1v) is 7.67. The molecule has 0 aliphatic rings. The minimum atomic E-state index is -0.190. The summed E-state index contributed by atoms with van der Waals surface area (Å²) in [5, 5.41) is 10.3. The van der Waals surface area contributed by atoms with Crippen molar-refractivity contribution >= 4 is 21.8 Å². The van der Waals surface area contributed by atoms with Crippen LogP contribution in [-0.4, -0.2) is 29.3 Å². The molecule has 21 heavy (non-hydrogen) atoms. The quantitative estimate of drug-likeness (QED) is 0.871. The molecule has 5 nitrogen and oxygen atoms in total. The zero-order valence-corrected chi connectivity index (χ0v) is 13.9. The van der Waals surface area contributed by atoms with E-state index < -0.39 is 0 Å². The van der Waals surface area contributed by atoms with Gasteiger partial charge >= 0.3 is 0 Å². The number of carbonyl (C=O) groups excluding carboxylic acids is 1. The lowest BCUT2D eigenvalue weighted by Gasteiger charge is -2.17. The summed E-state index contributed by atoms with van der Waals surface area (Å²) in [5.74, 6) is -0.190. The fraction of sp³-hybridized carbons (Fsp3) is 0.333. The first kappa shape index (κ1) is 15.7. The molecule has 0 radical (unpaired) electrons. The van der Waals surface area contributed by atoms with Gasteiger partial charge < -0.3 is 10.6 Å². The van der Waals surface area contributed by atoms with Crippen LogP contribution in [0, 0.1) is 0 Å². The molecule has 0 fully saturated rings. The van der Waals surface area contributed by atoms with Gasteiger partial charge in [-0.25, -0.2) is 4.68 Å². The van der Waals surface area contributed by atoms with Crippen molar-refractivity contribution in [1.82, 2.24) is 20.4 Å². The first-order chi connectivity index (χ1) is 10.1. The monoisotopic (exact) mass is 350 g/mol. The topological polar surface area (TPSA) is 59.0 Å². The number of nitrogens with zero attached hydrogens (tertiary/aromatic N) is 2. The van der Waals surface area contributed by atoms with Crippen LogP contribution >= 0.6 is 15.9 Å². The van der Waals surface area contributed by atoms with Crippen molar-refractivity contribution in [3.63, 3.8) is 0 Å². The van der Waals surface area contributed by atoms with Crippen LogP contribution in [0.15, 0.2) is 34.9 Å². The van der Waals surface area contributed by atoms with Gasteiger partial charge in [-0.1, -0.05) is 28.9 Å². The third-order valence-electron chi connectivity index (χ3n) is 3.26. The SMILES string of the molecule is CCNC(C)c1ccc(Br)cc1-n1ccc(C(=O)NC)n1. The van der Waals surface area contributed by atoms with Crippen LogP contribution < -0.4 is 10.6 Å². The molecule has 1 amide bonds. The maximum atomic E-state index is 11.6. The summed E-state index contributed by atoms with van der Waals surface area (Å²) in [5.41, 5.74) is 2.49. The van der Waals surface area contributed by atoms with Crippen LogP contribution in [0.2, 0.25) is 0 Å². The highest BCUT2D eigenvalue weighted by Gasteiger charge is 2.14. The molecule has 1 aromatic heterocycles. The Labute approximate surface area is 132 Å². The summed E-state index contributed by atoms with van der Waals surface area (Å²) in [6.07, 6.45) is 1.80. The lowest BCUT2D eigenvalue weighted by Crippen LogP contribution is -2.20. The summed E-state index contributed by atoms with van der Waals surface area (Å²) in [4.78, 5) is 11.6. The van der Waals surface area contributed by atoms with Crippen molar-refractivity contribution in [3.8, 4) is 5.69 Å². The first-order valence-electron chi connectivity index (χ1n) is 6.87. The smallest absolute Gasteiger partial charge is 0.271 e. The molecule has 0 spiro atoms. The van der Waals surface area contributed by atoms with Gasteiger partial charge in [0.2, 0.25) is 0 Å². The van der Waals surface area contributed by atoms with Gasteiger partial charge in [0, 0.05) is 23.8 Å². The zero-order chi connectivity index (χ0) is 15.4. The third kappa shape index (κ3) is 3.51. The molecular weight excluding hydrogens is 332 g/mol. The largest absolute Gasteiger partial charge is 0.354 e. The van der Waals surface area contributed by atoms with E-state index in [-0.39, 0.29) is 11.9 Å². The average Bonchev–Trinajstić information content (AvgIpc) is 2.96. The van der Waals surface area contributed by atoms with Crippen LogP contribution in [0.5, 0.6) is 0 Å². The van der Waals surface area contributed by atoms with Crippen LogP contribution in [0.3, 0.4) is 0 Å². The number of hydrogen-bond acceptors (Lipinski definition) is 3. The molecule has 1 unspecified atom stereocenters. The van der Waals surface area contributed by atoms with E-state index in [0.717, 1.165) is 22.3 Å². The van der Waals surface area contributed by atoms with E-state index in [4.69, 9.17) is 0 Å². The Bertz CT molecular complexity index is 638. The average molecular weight is 351 g/mol. The summed E-state index contributed by atoms with van der Waals surface area (Å²) < 4.78 is 2.71. The van der Waals surface area contributed by atoms with Gasteiger partial charge in [-0.15, -0.1) is 0 Å². The number of amides is 1. The highest BCUT2D eigenvalue weighted by molar-refractivity contribution is 9.10. The predicted octanol–water partition coefficient (Wildman–Crippen LogP) is 2.66. The highest BCUT2D eigenvalue weighted by atomic mass is 79.9. The summed E-state index contributed by atoms with van der Waals surface area (Å²) >= 11 is 3.49. The Morgan fingerprint density at radius 3 is 2.86 bits per heavy atom. The minimum absolute atomic E-state index is 0.190. The standard InChI is InChI=1S/C15H19BrN4O/c1-4-18-10(2)12-6-5-11(16)9-14(12)20-8-7-13(19-20)15(21)17-3/h5-10,18H,4H2,1-3H3,(H,17,21). The molecule has 112 valence electrons. The molecule has 2 rings (SSSR count). The van der Waals surface area contributed by atoms with Gasteiger partial charge in [0.05, 0.1) is 5.69 Å². The van der Waals surface area contributed by atoms with Crippen LogP contribution in [-0.2, 0) is 0 Å². The van der Waals surface area contributed by atoms with E-state index in [1.165, 1.54) is 0 Å². The second-order valence-electron chi connectivity index (χ2n) is 4.71.